The van der Waals surface area contributed by atoms with Crippen molar-refractivity contribution >= 4 is 11.7 Å². The molecule has 20 heavy (non-hydrogen) atoms. The third-order valence-corrected chi connectivity index (χ3v) is 3.20. The van der Waals surface area contributed by atoms with Gasteiger partial charge in [-0.05, 0) is 13.8 Å². The SMILES string of the molecule is CCNC(=O)C1CNCCN1c1cc(OC)nc(C)n1. The van der Waals surface area contributed by atoms with E-state index in [1.54, 1.807) is 13.2 Å². The molecule has 1 aromatic rings. The van der Waals surface area contributed by atoms with Crippen molar-refractivity contribution in [2.24, 2.45) is 0 Å². The summed E-state index contributed by atoms with van der Waals surface area (Å²) in [6.45, 7) is 6.50. The Bertz CT molecular complexity index is 480. The lowest BCUT2D eigenvalue weighted by molar-refractivity contribution is -0.122. The molecule has 0 bridgehead atoms. The number of carbonyl (C=O) groups excluding carboxylic acids is 1. The molecule has 1 aromatic heterocycles. The third-order valence-electron chi connectivity index (χ3n) is 3.20. The van der Waals surface area contributed by atoms with Crippen molar-refractivity contribution in [3.8, 4) is 5.88 Å². The topological polar surface area (TPSA) is 79.4 Å². The van der Waals surface area contributed by atoms with Gasteiger partial charge in [-0.15, -0.1) is 0 Å². The molecular weight excluding hydrogens is 258 g/mol. The van der Waals surface area contributed by atoms with Crippen molar-refractivity contribution in [1.29, 1.82) is 0 Å². The molecule has 1 saturated heterocycles. The summed E-state index contributed by atoms with van der Waals surface area (Å²) in [5.41, 5.74) is 0. The highest BCUT2D eigenvalue weighted by molar-refractivity contribution is 5.85. The number of hydrogen-bond acceptors (Lipinski definition) is 6. The van der Waals surface area contributed by atoms with E-state index in [4.69, 9.17) is 4.74 Å². The summed E-state index contributed by atoms with van der Waals surface area (Å²) in [6, 6.07) is 1.51. The van der Waals surface area contributed by atoms with E-state index < -0.39 is 0 Å². The van der Waals surface area contributed by atoms with Crippen LogP contribution in [0.2, 0.25) is 0 Å². The van der Waals surface area contributed by atoms with Crippen LogP contribution in [0.4, 0.5) is 5.82 Å². The quantitative estimate of drug-likeness (QED) is 0.788. The van der Waals surface area contributed by atoms with Gasteiger partial charge in [-0.3, -0.25) is 4.79 Å². The van der Waals surface area contributed by atoms with Crippen LogP contribution in [-0.4, -0.2) is 55.2 Å². The summed E-state index contributed by atoms with van der Waals surface area (Å²) < 4.78 is 5.18. The van der Waals surface area contributed by atoms with Gasteiger partial charge in [-0.2, -0.15) is 4.98 Å². The number of nitrogens with zero attached hydrogens (tertiary/aromatic N) is 3. The fraction of sp³-hybridized carbons (Fsp3) is 0.615. The smallest absolute Gasteiger partial charge is 0.244 e. The maximum Gasteiger partial charge on any atom is 0.244 e. The molecule has 0 spiro atoms. The Morgan fingerprint density at radius 3 is 3.10 bits per heavy atom. The molecule has 1 aliphatic rings. The van der Waals surface area contributed by atoms with E-state index in [9.17, 15) is 4.79 Å². The Hall–Kier alpha value is -1.89. The molecule has 7 heteroatoms. The molecule has 2 N–H and O–H groups in total. The minimum atomic E-state index is -0.261. The number of piperazine rings is 1. The van der Waals surface area contributed by atoms with E-state index in [1.807, 2.05) is 18.7 Å². The highest BCUT2D eigenvalue weighted by Gasteiger charge is 2.29. The highest BCUT2D eigenvalue weighted by Crippen LogP contribution is 2.20. The van der Waals surface area contributed by atoms with Gasteiger partial charge < -0.3 is 20.3 Å². The first-order valence-electron chi connectivity index (χ1n) is 6.80. The number of likely N-dealkylation sites (N-methyl/N-ethyl adjacent to an activating group) is 1. The van der Waals surface area contributed by atoms with Gasteiger partial charge in [0.2, 0.25) is 11.8 Å². The Morgan fingerprint density at radius 1 is 1.60 bits per heavy atom. The lowest BCUT2D eigenvalue weighted by Gasteiger charge is -2.36. The van der Waals surface area contributed by atoms with Gasteiger partial charge in [-0.1, -0.05) is 0 Å². The van der Waals surface area contributed by atoms with Crippen LogP contribution in [0.25, 0.3) is 0 Å². The molecule has 2 rings (SSSR count). The standard InChI is InChI=1S/C13H21N5O2/c1-4-15-13(19)10-8-14-5-6-18(10)11-7-12(20-3)17-9(2)16-11/h7,10,14H,4-6,8H2,1-3H3,(H,15,19). The average molecular weight is 279 g/mol. The van der Waals surface area contributed by atoms with E-state index in [1.165, 1.54) is 0 Å². The Labute approximate surface area is 118 Å². The summed E-state index contributed by atoms with van der Waals surface area (Å²) in [5, 5.41) is 6.10. The summed E-state index contributed by atoms with van der Waals surface area (Å²) in [7, 11) is 1.57. The third kappa shape index (κ3) is 3.16. The fourth-order valence-corrected chi connectivity index (χ4v) is 2.28. The zero-order valence-corrected chi connectivity index (χ0v) is 12.1. The fourth-order valence-electron chi connectivity index (χ4n) is 2.28. The predicted molar refractivity (Wildman–Crippen MR) is 76.0 cm³/mol. The van der Waals surface area contributed by atoms with E-state index in [2.05, 4.69) is 20.6 Å². The second-order valence-corrected chi connectivity index (χ2v) is 4.62. The largest absolute Gasteiger partial charge is 0.481 e. The molecule has 0 aliphatic carbocycles. The summed E-state index contributed by atoms with van der Waals surface area (Å²) in [4.78, 5) is 22.8. The summed E-state index contributed by atoms with van der Waals surface area (Å²) in [6.07, 6.45) is 0. The number of ether oxygens (including phenoxy) is 1. The van der Waals surface area contributed by atoms with Crippen LogP contribution >= 0.6 is 0 Å². The van der Waals surface area contributed by atoms with Crippen LogP contribution in [0.15, 0.2) is 6.07 Å². The van der Waals surface area contributed by atoms with Gasteiger partial charge in [0.25, 0.3) is 0 Å². The Balaban J connectivity index is 2.27. The number of carbonyl (C=O) groups is 1. The number of hydrogen-bond donors (Lipinski definition) is 2. The maximum atomic E-state index is 12.2. The van der Waals surface area contributed by atoms with Crippen LogP contribution in [0.1, 0.15) is 12.7 Å². The van der Waals surface area contributed by atoms with Crippen molar-refractivity contribution in [3.05, 3.63) is 11.9 Å². The van der Waals surface area contributed by atoms with Gasteiger partial charge in [0.1, 0.15) is 17.7 Å². The first-order chi connectivity index (χ1) is 9.65. The van der Waals surface area contributed by atoms with E-state index >= 15 is 0 Å². The first-order valence-corrected chi connectivity index (χ1v) is 6.80. The van der Waals surface area contributed by atoms with Gasteiger partial charge in [0, 0.05) is 32.2 Å². The van der Waals surface area contributed by atoms with Crippen LogP contribution in [0.5, 0.6) is 5.88 Å². The summed E-state index contributed by atoms with van der Waals surface area (Å²) in [5.74, 6) is 1.88. The van der Waals surface area contributed by atoms with Crippen LogP contribution in [-0.2, 0) is 4.79 Å². The molecule has 1 unspecified atom stereocenters. The van der Waals surface area contributed by atoms with Crippen molar-refractivity contribution in [1.82, 2.24) is 20.6 Å². The van der Waals surface area contributed by atoms with Crippen LogP contribution < -0.4 is 20.3 Å². The number of rotatable bonds is 4. The first kappa shape index (κ1) is 14.5. The molecule has 7 nitrogen and oxygen atoms in total. The second kappa shape index (κ2) is 6.51. The molecule has 0 saturated carbocycles. The number of anilines is 1. The van der Waals surface area contributed by atoms with Crippen molar-refractivity contribution in [2.75, 3.05) is 38.2 Å². The Morgan fingerprint density at radius 2 is 2.40 bits per heavy atom. The van der Waals surface area contributed by atoms with E-state index in [0.717, 1.165) is 18.9 Å². The minimum Gasteiger partial charge on any atom is -0.481 e. The number of methoxy groups -OCH3 is 1. The zero-order valence-electron chi connectivity index (χ0n) is 12.1. The summed E-state index contributed by atoms with van der Waals surface area (Å²) >= 11 is 0. The van der Waals surface area contributed by atoms with Gasteiger partial charge in [0.15, 0.2) is 0 Å². The number of aryl methyl sites for hydroxylation is 1. The molecule has 110 valence electrons. The molecule has 2 heterocycles. The number of aromatic nitrogens is 2. The van der Waals surface area contributed by atoms with Crippen molar-refractivity contribution < 1.29 is 9.53 Å². The molecule has 1 fully saturated rings. The molecular formula is C13H21N5O2. The number of nitrogens with one attached hydrogen (secondary N) is 2. The Kier molecular flexibility index (Phi) is 4.73. The molecule has 1 aliphatic heterocycles. The highest BCUT2D eigenvalue weighted by atomic mass is 16.5. The van der Waals surface area contributed by atoms with Crippen molar-refractivity contribution in [3.63, 3.8) is 0 Å². The van der Waals surface area contributed by atoms with Gasteiger partial charge in [0.05, 0.1) is 7.11 Å². The van der Waals surface area contributed by atoms with Gasteiger partial charge in [-0.25, -0.2) is 4.98 Å². The predicted octanol–water partition coefficient (Wildman–Crippen LogP) is -0.292. The molecule has 0 radical (unpaired) electrons. The molecule has 0 aromatic carbocycles. The van der Waals surface area contributed by atoms with E-state index in [0.29, 0.717) is 24.8 Å². The monoisotopic (exact) mass is 279 g/mol. The lowest BCUT2D eigenvalue weighted by atomic mass is 10.1. The van der Waals surface area contributed by atoms with Crippen molar-refractivity contribution in [2.45, 2.75) is 19.9 Å². The molecule has 1 atom stereocenters. The second-order valence-electron chi connectivity index (χ2n) is 4.62. The minimum absolute atomic E-state index is 0.00920. The van der Waals surface area contributed by atoms with Gasteiger partial charge >= 0.3 is 0 Å². The average Bonchev–Trinajstić information content (AvgIpc) is 2.46. The van der Waals surface area contributed by atoms with E-state index in [-0.39, 0.29) is 11.9 Å². The van der Waals surface area contributed by atoms with Crippen LogP contribution in [0.3, 0.4) is 0 Å². The maximum absolute atomic E-state index is 12.2. The number of amides is 1. The van der Waals surface area contributed by atoms with Crippen LogP contribution in [0, 0.1) is 6.92 Å². The zero-order chi connectivity index (χ0) is 14.5. The normalized spacial score (nSPS) is 18.8. The lowest BCUT2D eigenvalue weighted by Crippen LogP contribution is -2.58. The molecule has 1 amide bonds.